The van der Waals surface area contributed by atoms with Crippen LogP contribution in [0.25, 0.3) is 0 Å². The van der Waals surface area contributed by atoms with Crippen molar-refractivity contribution >= 4 is 5.91 Å². The number of nitrogens with zero attached hydrogens (tertiary/aromatic N) is 3. The van der Waals surface area contributed by atoms with E-state index in [9.17, 15) is 4.79 Å². The van der Waals surface area contributed by atoms with Crippen molar-refractivity contribution in [2.75, 3.05) is 13.2 Å². The summed E-state index contributed by atoms with van der Waals surface area (Å²) in [6, 6.07) is 0. The first-order valence-corrected chi connectivity index (χ1v) is 6.50. The average molecular weight is 252 g/mol. The van der Waals surface area contributed by atoms with Crippen LogP contribution in [-0.2, 0) is 22.5 Å². The topological polar surface area (TPSA) is 83.0 Å². The fourth-order valence-electron chi connectivity index (χ4n) is 2.32. The van der Waals surface area contributed by atoms with Crippen molar-refractivity contribution < 1.29 is 9.53 Å². The molecular formula is C12H20N4O2. The Bertz CT molecular complexity index is 410. The Labute approximate surface area is 106 Å². The summed E-state index contributed by atoms with van der Waals surface area (Å²) in [5, 5.41) is 8.26. The van der Waals surface area contributed by atoms with Gasteiger partial charge in [-0.25, -0.2) is 4.68 Å². The van der Waals surface area contributed by atoms with Crippen LogP contribution in [0, 0.1) is 0 Å². The molecule has 1 unspecified atom stereocenters. The maximum Gasteiger partial charge on any atom is 0.223 e. The highest BCUT2D eigenvalue weighted by Gasteiger charge is 2.26. The highest BCUT2D eigenvalue weighted by atomic mass is 16.5. The molecule has 0 radical (unpaired) electrons. The zero-order valence-corrected chi connectivity index (χ0v) is 10.8. The molecule has 1 aliphatic heterocycles. The molecule has 1 fully saturated rings. The molecule has 1 amide bonds. The average Bonchev–Trinajstić information content (AvgIpc) is 2.94. The van der Waals surface area contributed by atoms with Crippen LogP contribution in [0.15, 0.2) is 0 Å². The van der Waals surface area contributed by atoms with Gasteiger partial charge in [0.15, 0.2) is 0 Å². The Balaban J connectivity index is 2.23. The van der Waals surface area contributed by atoms with Gasteiger partial charge in [-0.15, -0.1) is 5.10 Å². The summed E-state index contributed by atoms with van der Waals surface area (Å²) in [7, 11) is 0. The second kappa shape index (κ2) is 5.95. The van der Waals surface area contributed by atoms with Gasteiger partial charge in [0.1, 0.15) is 0 Å². The van der Waals surface area contributed by atoms with Gasteiger partial charge < -0.3 is 10.5 Å². The highest BCUT2D eigenvalue weighted by Crippen LogP contribution is 2.27. The van der Waals surface area contributed by atoms with E-state index in [1.807, 2.05) is 4.68 Å². The van der Waals surface area contributed by atoms with Gasteiger partial charge in [0.05, 0.1) is 24.4 Å². The van der Waals surface area contributed by atoms with Gasteiger partial charge in [0.25, 0.3) is 0 Å². The molecule has 100 valence electrons. The predicted molar refractivity (Wildman–Crippen MR) is 66.0 cm³/mol. The summed E-state index contributed by atoms with van der Waals surface area (Å²) >= 11 is 0. The number of amides is 1. The van der Waals surface area contributed by atoms with Crippen molar-refractivity contribution in [2.45, 2.75) is 45.1 Å². The van der Waals surface area contributed by atoms with E-state index in [1.54, 1.807) is 0 Å². The SMILES string of the molecule is CCCCn1nnc(CC(N)=O)c1C1CCOC1. The van der Waals surface area contributed by atoms with Gasteiger partial charge in [-0.3, -0.25) is 4.79 Å². The van der Waals surface area contributed by atoms with E-state index in [-0.39, 0.29) is 12.3 Å². The van der Waals surface area contributed by atoms with Crippen LogP contribution in [0.4, 0.5) is 0 Å². The number of hydrogen-bond donors (Lipinski definition) is 1. The van der Waals surface area contributed by atoms with Crippen molar-refractivity contribution in [1.29, 1.82) is 0 Å². The number of rotatable bonds is 6. The number of aromatic nitrogens is 3. The lowest BCUT2D eigenvalue weighted by molar-refractivity contribution is -0.117. The molecule has 2 N–H and O–H groups in total. The summed E-state index contributed by atoms with van der Waals surface area (Å²) in [5.41, 5.74) is 7.01. The van der Waals surface area contributed by atoms with Crippen molar-refractivity contribution in [3.8, 4) is 0 Å². The molecule has 6 heteroatoms. The number of primary amides is 1. The third-order valence-electron chi connectivity index (χ3n) is 3.23. The Kier molecular flexibility index (Phi) is 4.30. The van der Waals surface area contributed by atoms with E-state index in [2.05, 4.69) is 17.2 Å². The zero-order valence-electron chi connectivity index (χ0n) is 10.8. The predicted octanol–water partition coefficient (Wildman–Crippen LogP) is 0.610. The number of ether oxygens (including phenoxy) is 1. The van der Waals surface area contributed by atoms with Crippen molar-refractivity contribution in [3.05, 3.63) is 11.4 Å². The summed E-state index contributed by atoms with van der Waals surface area (Å²) in [6.07, 6.45) is 3.29. The van der Waals surface area contributed by atoms with Crippen molar-refractivity contribution in [1.82, 2.24) is 15.0 Å². The van der Waals surface area contributed by atoms with E-state index in [4.69, 9.17) is 10.5 Å². The van der Waals surface area contributed by atoms with E-state index >= 15 is 0 Å². The molecule has 6 nitrogen and oxygen atoms in total. The number of carbonyl (C=O) groups excluding carboxylic acids is 1. The Morgan fingerprint density at radius 2 is 2.44 bits per heavy atom. The quantitative estimate of drug-likeness (QED) is 0.804. The van der Waals surface area contributed by atoms with Gasteiger partial charge in [0.2, 0.25) is 5.91 Å². The van der Waals surface area contributed by atoms with Crippen LogP contribution in [0.5, 0.6) is 0 Å². The molecule has 0 spiro atoms. The molecule has 2 heterocycles. The maximum atomic E-state index is 11.1. The first-order valence-electron chi connectivity index (χ1n) is 6.50. The molecular weight excluding hydrogens is 232 g/mol. The largest absolute Gasteiger partial charge is 0.381 e. The second-order valence-corrected chi connectivity index (χ2v) is 4.70. The molecule has 0 aliphatic carbocycles. The normalized spacial score (nSPS) is 19.3. The van der Waals surface area contributed by atoms with Crippen LogP contribution in [0.3, 0.4) is 0 Å². The number of unbranched alkanes of at least 4 members (excludes halogenated alkanes) is 1. The lowest BCUT2D eigenvalue weighted by atomic mass is 10.0. The number of carbonyl (C=O) groups is 1. The Morgan fingerprint density at radius 3 is 3.06 bits per heavy atom. The molecule has 1 aliphatic rings. The monoisotopic (exact) mass is 252 g/mol. The lowest BCUT2D eigenvalue weighted by Gasteiger charge is -2.12. The molecule has 2 rings (SSSR count). The van der Waals surface area contributed by atoms with E-state index in [0.29, 0.717) is 18.2 Å². The van der Waals surface area contributed by atoms with Gasteiger partial charge in [-0.1, -0.05) is 18.6 Å². The van der Waals surface area contributed by atoms with Gasteiger partial charge in [-0.2, -0.15) is 0 Å². The number of hydrogen-bond acceptors (Lipinski definition) is 4. The van der Waals surface area contributed by atoms with Gasteiger partial charge >= 0.3 is 0 Å². The molecule has 1 saturated heterocycles. The van der Waals surface area contributed by atoms with Gasteiger partial charge in [-0.05, 0) is 12.8 Å². The molecule has 18 heavy (non-hydrogen) atoms. The maximum absolute atomic E-state index is 11.1. The molecule has 0 saturated carbocycles. The summed E-state index contributed by atoms with van der Waals surface area (Å²) < 4.78 is 7.33. The standard InChI is InChI=1S/C12H20N4O2/c1-2-3-5-16-12(9-4-6-18-8-9)10(14-15-16)7-11(13)17/h9H,2-8H2,1H3,(H2,13,17). The zero-order chi connectivity index (χ0) is 13.0. The number of nitrogens with two attached hydrogens (primary N) is 1. The smallest absolute Gasteiger partial charge is 0.223 e. The van der Waals surface area contributed by atoms with Crippen LogP contribution in [-0.4, -0.2) is 34.1 Å². The lowest BCUT2D eigenvalue weighted by Crippen LogP contribution is -2.17. The van der Waals surface area contributed by atoms with E-state index < -0.39 is 0 Å². The first kappa shape index (κ1) is 13.0. The minimum Gasteiger partial charge on any atom is -0.381 e. The summed E-state index contributed by atoms with van der Waals surface area (Å²) in [6.45, 7) is 4.43. The number of aryl methyl sites for hydroxylation is 1. The van der Waals surface area contributed by atoms with Crippen molar-refractivity contribution in [3.63, 3.8) is 0 Å². The van der Waals surface area contributed by atoms with Crippen LogP contribution in [0.1, 0.15) is 43.5 Å². The fraction of sp³-hybridized carbons (Fsp3) is 0.750. The molecule has 1 atom stereocenters. The van der Waals surface area contributed by atoms with E-state index in [1.165, 1.54) is 0 Å². The Hall–Kier alpha value is -1.43. The molecule has 1 aromatic rings. The Morgan fingerprint density at radius 1 is 1.61 bits per heavy atom. The van der Waals surface area contributed by atoms with Crippen molar-refractivity contribution in [2.24, 2.45) is 5.73 Å². The minimum absolute atomic E-state index is 0.165. The van der Waals surface area contributed by atoms with E-state index in [0.717, 1.165) is 38.1 Å². The first-order chi connectivity index (χ1) is 8.72. The molecule has 1 aromatic heterocycles. The fourth-order valence-corrected chi connectivity index (χ4v) is 2.32. The second-order valence-electron chi connectivity index (χ2n) is 4.70. The third kappa shape index (κ3) is 2.87. The van der Waals surface area contributed by atoms with Gasteiger partial charge in [0, 0.05) is 19.1 Å². The summed E-state index contributed by atoms with van der Waals surface area (Å²) in [4.78, 5) is 11.1. The summed E-state index contributed by atoms with van der Waals surface area (Å²) in [5.74, 6) is -0.0658. The van der Waals surface area contributed by atoms with Crippen LogP contribution >= 0.6 is 0 Å². The minimum atomic E-state index is -0.363. The third-order valence-corrected chi connectivity index (χ3v) is 3.23. The van der Waals surface area contributed by atoms with Crippen LogP contribution < -0.4 is 5.73 Å². The molecule has 0 aromatic carbocycles. The molecule has 0 bridgehead atoms. The highest BCUT2D eigenvalue weighted by molar-refractivity contribution is 5.76. The van der Waals surface area contributed by atoms with Crippen LogP contribution in [0.2, 0.25) is 0 Å².